The largest absolute Gasteiger partial charge is 1.00 e. The summed E-state index contributed by atoms with van der Waals surface area (Å²) in [7, 11) is 2.17. The first-order valence-electron chi connectivity index (χ1n) is 8.59. The van der Waals surface area contributed by atoms with Crippen molar-refractivity contribution in [1.29, 1.82) is 0 Å². The summed E-state index contributed by atoms with van der Waals surface area (Å²) in [5.74, 6) is -0.323. The molecule has 0 fully saturated rings. The Morgan fingerprint density at radius 1 is 1.09 bits per heavy atom. The van der Waals surface area contributed by atoms with Gasteiger partial charge in [0.2, 0.25) is 6.73 Å². The number of quaternary nitrogens is 1. The van der Waals surface area contributed by atoms with Gasteiger partial charge in [-0.2, -0.15) is 0 Å². The molecule has 0 bridgehead atoms. The van der Waals surface area contributed by atoms with Crippen molar-refractivity contribution in [2.24, 2.45) is 0 Å². The van der Waals surface area contributed by atoms with Gasteiger partial charge in [0.15, 0.2) is 0 Å². The molecule has 1 atom stereocenters. The molecular weight excluding hydrogens is 342 g/mol. The lowest BCUT2D eigenvalue weighted by atomic mass is 10.1. The van der Waals surface area contributed by atoms with Crippen LogP contribution in [0.25, 0.3) is 0 Å². The molecule has 0 aliphatic rings. The third kappa shape index (κ3) is 11.2. The van der Waals surface area contributed by atoms with Gasteiger partial charge in [0.05, 0.1) is 19.6 Å². The Hall–Kier alpha value is -0.350. The van der Waals surface area contributed by atoms with Crippen molar-refractivity contribution in [2.75, 3.05) is 20.3 Å². The van der Waals surface area contributed by atoms with E-state index in [0.29, 0.717) is 12.8 Å². The zero-order chi connectivity index (χ0) is 16.1. The minimum absolute atomic E-state index is 0. The standard InChI is InChI=1S/C18H36NO2.BrH/c1-6-8-9-10-11-12-13-14-15-19(5,17(3)4)16-21-18(20)7-2;/h7,17H,2,6,8-16H2,1,3-5H3;1H/q+1;/p-1. The smallest absolute Gasteiger partial charge is 0.334 e. The normalized spacial score (nSPS) is 13.3. The highest BCUT2D eigenvalue weighted by Gasteiger charge is 2.26. The van der Waals surface area contributed by atoms with Crippen LogP contribution in [0, 0.1) is 0 Å². The van der Waals surface area contributed by atoms with Gasteiger partial charge in [-0.1, -0.05) is 52.0 Å². The Kier molecular flexibility index (Phi) is 15.5. The van der Waals surface area contributed by atoms with E-state index in [2.05, 4.69) is 34.4 Å². The molecule has 0 rings (SSSR count). The van der Waals surface area contributed by atoms with Gasteiger partial charge in [-0.25, -0.2) is 4.79 Å². The quantitative estimate of drug-likeness (QED) is 0.160. The molecule has 0 radical (unpaired) electrons. The number of hydrogen-bond donors (Lipinski definition) is 0. The van der Waals surface area contributed by atoms with Crippen LogP contribution < -0.4 is 17.0 Å². The maximum Gasteiger partial charge on any atom is 0.334 e. The summed E-state index contributed by atoms with van der Waals surface area (Å²) < 4.78 is 6.04. The van der Waals surface area contributed by atoms with Gasteiger partial charge in [0.1, 0.15) is 0 Å². The molecule has 0 saturated heterocycles. The number of hydrogen-bond acceptors (Lipinski definition) is 2. The molecule has 4 heteroatoms. The van der Waals surface area contributed by atoms with Gasteiger partial charge >= 0.3 is 5.97 Å². The first-order chi connectivity index (χ1) is 9.96. The van der Waals surface area contributed by atoms with Gasteiger partial charge in [-0.15, -0.1) is 0 Å². The maximum absolute atomic E-state index is 11.2. The summed E-state index contributed by atoms with van der Waals surface area (Å²) in [4.78, 5) is 11.2. The van der Waals surface area contributed by atoms with Crippen LogP contribution >= 0.6 is 0 Å². The second kappa shape index (κ2) is 14.3. The zero-order valence-electron chi connectivity index (χ0n) is 15.1. The van der Waals surface area contributed by atoms with E-state index in [0.717, 1.165) is 11.0 Å². The van der Waals surface area contributed by atoms with Crippen LogP contribution in [0.2, 0.25) is 0 Å². The third-order valence-corrected chi connectivity index (χ3v) is 4.44. The summed E-state index contributed by atoms with van der Waals surface area (Å²) in [6.07, 6.45) is 11.8. The summed E-state index contributed by atoms with van der Waals surface area (Å²) in [5.41, 5.74) is 0. The highest BCUT2D eigenvalue weighted by molar-refractivity contribution is 5.81. The Bertz CT molecular complexity index is 295. The summed E-state index contributed by atoms with van der Waals surface area (Å²) >= 11 is 0. The van der Waals surface area contributed by atoms with E-state index in [1.54, 1.807) is 0 Å². The molecule has 0 aliphatic carbocycles. The Balaban J connectivity index is 0. The number of ether oxygens (including phenoxy) is 1. The van der Waals surface area contributed by atoms with Gasteiger partial charge in [0.25, 0.3) is 0 Å². The average Bonchev–Trinajstić information content (AvgIpc) is 2.47. The second-order valence-electron chi connectivity index (χ2n) is 6.57. The van der Waals surface area contributed by atoms with Gasteiger partial charge in [0, 0.05) is 6.08 Å². The summed E-state index contributed by atoms with van der Waals surface area (Å²) in [5, 5.41) is 0. The lowest BCUT2D eigenvalue weighted by Crippen LogP contribution is -3.00. The molecule has 0 aromatic rings. The molecule has 132 valence electrons. The van der Waals surface area contributed by atoms with Crippen molar-refractivity contribution in [3.8, 4) is 0 Å². The third-order valence-electron chi connectivity index (χ3n) is 4.44. The topological polar surface area (TPSA) is 26.3 Å². The van der Waals surface area contributed by atoms with Crippen molar-refractivity contribution < 1.29 is 31.0 Å². The fourth-order valence-electron chi connectivity index (χ4n) is 2.35. The van der Waals surface area contributed by atoms with E-state index in [1.165, 1.54) is 57.4 Å². The number of nitrogens with zero attached hydrogens (tertiary/aromatic N) is 1. The first-order valence-corrected chi connectivity index (χ1v) is 8.59. The van der Waals surface area contributed by atoms with Crippen molar-refractivity contribution >= 4 is 5.97 Å². The summed E-state index contributed by atoms with van der Waals surface area (Å²) in [6.45, 7) is 11.6. The molecule has 0 amide bonds. The van der Waals surface area contributed by atoms with Crippen LogP contribution in [0.3, 0.4) is 0 Å². The van der Waals surface area contributed by atoms with E-state index in [4.69, 9.17) is 4.74 Å². The number of carbonyl (C=O) groups is 1. The van der Waals surface area contributed by atoms with E-state index in [1.807, 2.05) is 0 Å². The van der Waals surface area contributed by atoms with Crippen molar-refractivity contribution in [2.45, 2.75) is 78.2 Å². The van der Waals surface area contributed by atoms with E-state index >= 15 is 0 Å². The molecule has 0 aliphatic heterocycles. The second-order valence-corrected chi connectivity index (χ2v) is 6.57. The molecule has 0 heterocycles. The van der Waals surface area contributed by atoms with Crippen LogP contribution in [-0.2, 0) is 9.53 Å². The van der Waals surface area contributed by atoms with E-state index in [-0.39, 0.29) is 23.0 Å². The lowest BCUT2D eigenvalue weighted by molar-refractivity contribution is -0.945. The number of esters is 1. The SMILES string of the molecule is C=CC(=O)OC[N+](C)(CCCCCCCCCC)C(C)C.[Br-]. The molecule has 22 heavy (non-hydrogen) atoms. The molecule has 1 unspecified atom stereocenters. The predicted molar refractivity (Wildman–Crippen MR) is 90.0 cm³/mol. The monoisotopic (exact) mass is 377 g/mol. The maximum atomic E-state index is 11.2. The molecule has 0 aromatic carbocycles. The van der Waals surface area contributed by atoms with Crippen LogP contribution in [0.15, 0.2) is 12.7 Å². The fourth-order valence-corrected chi connectivity index (χ4v) is 2.35. The highest BCUT2D eigenvalue weighted by atomic mass is 79.9. The van der Waals surface area contributed by atoms with Gasteiger partial charge in [-0.3, -0.25) is 4.48 Å². The number of halogens is 1. The van der Waals surface area contributed by atoms with Crippen molar-refractivity contribution in [3.63, 3.8) is 0 Å². The van der Waals surface area contributed by atoms with Crippen molar-refractivity contribution in [1.82, 2.24) is 0 Å². The van der Waals surface area contributed by atoms with E-state index in [9.17, 15) is 4.79 Å². The van der Waals surface area contributed by atoms with Crippen molar-refractivity contribution in [3.05, 3.63) is 12.7 Å². The summed E-state index contributed by atoms with van der Waals surface area (Å²) in [6, 6.07) is 0.451. The number of rotatable bonds is 13. The molecule has 0 N–H and O–H groups in total. The van der Waals surface area contributed by atoms with Crippen LogP contribution in [0.4, 0.5) is 0 Å². The Labute approximate surface area is 148 Å². The zero-order valence-corrected chi connectivity index (χ0v) is 16.7. The average molecular weight is 378 g/mol. The first kappa shape index (κ1) is 23.9. The molecule has 0 saturated carbocycles. The molecule has 0 aromatic heterocycles. The van der Waals surface area contributed by atoms with Crippen LogP contribution in [0.5, 0.6) is 0 Å². The fraction of sp³-hybridized carbons (Fsp3) is 0.833. The van der Waals surface area contributed by atoms with E-state index < -0.39 is 0 Å². The van der Waals surface area contributed by atoms with Gasteiger partial charge < -0.3 is 21.7 Å². The number of unbranched alkanes of at least 4 members (excludes halogenated alkanes) is 7. The van der Waals surface area contributed by atoms with Crippen LogP contribution in [-0.4, -0.2) is 36.8 Å². The Morgan fingerprint density at radius 3 is 2.05 bits per heavy atom. The lowest BCUT2D eigenvalue weighted by Gasteiger charge is -2.37. The minimum atomic E-state index is -0.323. The van der Waals surface area contributed by atoms with Gasteiger partial charge in [-0.05, 0) is 26.7 Å². The number of carbonyl (C=O) groups excluding carboxylic acids is 1. The highest BCUT2D eigenvalue weighted by Crippen LogP contribution is 2.15. The molecular formula is C18H36BrNO2. The predicted octanol–water partition coefficient (Wildman–Crippen LogP) is 1.67. The van der Waals surface area contributed by atoms with Crippen LogP contribution in [0.1, 0.15) is 72.1 Å². The Morgan fingerprint density at radius 2 is 1.59 bits per heavy atom. The minimum Gasteiger partial charge on any atom is -1.00 e. The molecule has 3 nitrogen and oxygen atoms in total. The molecule has 0 spiro atoms.